The summed E-state index contributed by atoms with van der Waals surface area (Å²) >= 11 is 13.1. The van der Waals surface area contributed by atoms with Gasteiger partial charge in [0.1, 0.15) is 0 Å². The average molecular weight is 319 g/mol. The zero-order valence-corrected chi connectivity index (χ0v) is 12.2. The van der Waals surface area contributed by atoms with E-state index in [0.29, 0.717) is 21.5 Å². The summed E-state index contributed by atoms with van der Waals surface area (Å²) in [6, 6.07) is 4.53. The van der Waals surface area contributed by atoms with E-state index in [0.717, 1.165) is 0 Å². The zero-order valence-electron chi connectivity index (χ0n) is 9.91. The monoisotopic (exact) mass is 318 g/mol. The first-order valence-corrected chi connectivity index (χ1v) is 7.04. The van der Waals surface area contributed by atoms with Crippen molar-refractivity contribution in [2.24, 2.45) is 0 Å². The van der Waals surface area contributed by atoms with Crippen molar-refractivity contribution in [3.8, 4) is 0 Å². The van der Waals surface area contributed by atoms with E-state index in [2.05, 4.69) is 17.2 Å². The summed E-state index contributed by atoms with van der Waals surface area (Å²) in [5, 5.41) is 5.56. The summed E-state index contributed by atoms with van der Waals surface area (Å²) < 4.78 is 0. The van der Waals surface area contributed by atoms with Gasteiger partial charge in [0.05, 0.1) is 15.8 Å². The Bertz CT molecular complexity index is 474. The highest BCUT2D eigenvalue weighted by molar-refractivity contribution is 8.00. The summed E-state index contributed by atoms with van der Waals surface area (Å²) in [4.78, 5) is 23.3. The van der Waals surface area contributed by atoms with Crippen molar-refractivity contribution in [1.82, 2.24) is 10.6 Å². The van der Waals surface area contributed by atoms with Crippen LogP contribution in [-0.2, 0) is 4.79 Å². The number of rotatable bonds is 5. The van der Waals surface area contributed by atoms with Crippen LogP contribution in [0.3, 0.4) is 0 Å². The lowest BCUT2D eigenvalue weighted by atomic mass is 10.4. The van der Waals surface area contributed by atoms with Crippen molar-refractivity contribution in [3.05, 3.63) is 40.9 Å². The molecule has 1 aromatic carbocycles. The smallest absolute Gasteiger partial charge is 0.321 e. The van der Waals surface area contributed by atoms with Gasteiger partial charge >= 0.3 is 6.03 Å². The molecule has 0 fully saturated rings. The Kier molecular flexibility index (Phi) is 6.77. The van der Waals surface area contributed by atoms with Gasteiger partial charge in [-0.05, 0) is 12.1 Å². The number of benzene rings is 1. The van der Waals surface area contributed by atoms with E-state index in [-0.39, 0.29) is 5.75 Å². The molecule has 0 aliphatic rings. The highest BCUT2D eigenvalue weighted by Crippen LogP contribution is 2.33. The number of nitrogens with one attached hydrogen (secondary N) is 2. The molecule has 0 aliphatic carbocycles. The first-order chi connectivity index (χ1) is 9.04. The summed E-state index contributed by atoms with van der Waals surface area (Å²) in [7, 11) is 0. The van der Waals surface area contributed by atoms with Crippen molar-refractivity contribution < 1.29 is 9.59 Å². The van der Waals surface area contributed by atoms with Crippen LogP contribution in [0.1, 0.15) is 0 Å². The fraction of sp³-hybridized carbons (Fsp3) is 0.167. The minimum atomic E-state index is -0.559. The number of carbonyl (C=O) groups excluding carboxylic acids is 2. The number of carbonyl (C=O) groups is 2. The molecule has 0 unspecified atom stereocenters. The Hall–Kier alpha value is -1.17. The zero-order chi connectivity index (χ0) is 14.3. The van der Waals surface area contributed by atoms with Gasteiger partial charge in [-0.25, -0.2) is 4.79 Å². The normalized spacial score (nSPS) is 9.79. The maximum Gasteiger partial charge on any atom is 0.321 e. The van der Waals surface area contributed by atoms with Crippen molar-refractivity contribution in [3.63, 3.8) is 0 Å². The molecule has 0 saturated heterocycles. The van der Waals surface area contributed by atoms with Crippen LogP contribution in [0.5, 0.6) is 0 Å². The Labute approximate surface area is 125 Å². The Morgan fingerprint density at radius 3 is 2.53 bits per heavy atom. The van der Waals surface area contributed by atoms with Gasteiger partial charge in [-0.2, -0.15) is 0 Å². The molecule has 3 amide bonds. The Morgan fingerprint density at radius 1 is 1.32 bits per heavy atom. The van der Waals surface area contributed by atoms with Gasteiger partial charge in [0, 0.05) is 11.4 Å². The average Bonchev–Trinajstić information content (AvgIpc) is 2.35. The third-order valence-corrected chi connectivity index (χ3v) is 3.92. The largest absolute Gasteiger partial charge is 0.334 e. The second kappa shape index (κ2) is 8.09. The van der Waals surface area contributed by atoms with Crippen LogP contribution >= 0.6 is 35.0 Å². The van der Waals surface area contributed by atoms with Crippen LogP contribution in [0.2, 0.25) is 10.0 Å². The van der Waals surface area contributed by atoms with Crippen molar-refractivity contribution in [2.45, 2.75) is 4.90 Å². The topological polar surface area (TPSA) is 58.2 Å². The lowest BCUT2D eigenvalue weighted by molar-refractivity contribution is -0.117. The molecule has 0 radical (unpaired) electrons. The molecular formula is C12H12Cl2N2O2S. The minimum Gasteiger partial charge on any atom is -0.334 e. The molecule has 0 spiro atoms. The number of halogens is 2. The number of urea groups is 1. The van der Waals surface area contributed by atoms with E-state index in [1.807, 2.05) is 0 Å². The molecule has 0 saturated carbocycles. The Balaban J connectivity index is 2.46. The van der Waals surface area contributed by atoms with Crippen LogP contribution in [0, 0.1) is 0 Å². The number of amides is 3. The van der Waals surface area contributed by atoms with Gasteiger partial charge in [-0.3, -0.25) is 10.1 Å². The Morgan fingerprint density at radius 2 is 1.95 bits per heavy atom. The molecule has 0 heterocycles. The standard InChI is InChI=1S/C12H12Cl2N2O2S/c1-2-6-15-12(18)16-10(17)7-19-11-8(13)4-3-5-9(11)14/h2-5H,1,6-7H2,(H2,15,16,17,18). The highest BCUT2D eigenvalue weighted by atomic mass is 35.5. The number of imide groups is 1. The van der Waals surface area contributed by atoms with Gasteiger partial charge in [0.25, 0.3) is 0 Å². The molecule has 0 aromatic heterocycles. The highest BCUT2D eigenvalue weighted by Gasteiger charge is 2.11. The molecule has 2 N–H and O–H groups in total. The SMILES string of the molecule is C=CCNC(=O)NC(=O)CSc1c(Cl)cccc1Cl. The van der Waals surface area contributed by atoms with E-state index >= 15 is 0 Å². The predicted octanol–water partition coefficient (Wildman–Crippen LogP) is 3.10. The van der Waals surface area contributed by atoms with E-state index in [4.69, 9.17) is 23.2 Å². The van der Waals surface area contributed by atoms with Crippen molar-refractivity contribution >= 4 is 46.9 Å². The summed E-state index contributed by atoms with van der Waals surface area (Å²) in [5.74, 6) is -0.382. The molecule has 19 heavy (non-hydrogen) atoms. The molecule has 4 nitrogen and oxygen atoms in total. The third kappa shape index (κ3) is 5.55. The first-order valence-electron chi connectivity index (χ1n) is 5.30. The van der Waals surface area contributed by atoms with Gasteiger partial charge < -0.3 is 5.32 Å². The van der Waals surface area contributed by atoms with Crippen LogP contribution < -0.4 is 10.6 Å². The van der Waals surface area contributed by atoms with Crippen molar-refractivity contribution in [2.75, 3.05) is 12.3 Å². The lowest BCUT2D eigenvalue weighted by Crippen LogP contribution is -2.40. The molecule has 0 aliphatic heterocycles. The molecule has 1 rings (SSSR count). The summed E-state index contributed by atoms with van der Waals surface area (Å²) in [6.07, 6.45) is 1.52. The maximum absolute atomic E-state index is 11.5. The summed E-state index contributed by atoms with van der Waals surface area (Å²) in [6.45, 7) is 3.74. The first kappa shape index (κ1) is 15.9. The van der Waals surface area contributed by atoms with E-state index in [9.17, 15) is 9.59 Å². The quantitative estimate of drug-likeness (QED) is 0.648. The molecule has 102 valence electrons. The predicted molar refractivity (Wildman–Crippen MR) is 78.9 cm³/mol. The maximum atomic E-state index is 11.5. The molecule has 0 atom stereocenters. The number of thioether (sulfide) groups is 1. The minimum absolute atomic E-state index is 0.0466. The van der Waals surface area contributed by atoms with Gasteiger partial charge in [-0.15, -0.1) is 18.3 Å². The second-order valence-electron chi connectivity index (χ2n) is 3.39. The van der Waals surface area contributed by atoms with E-state index < -0.39 is 11.9 Å². The van der Waals surface area contributed by atoms with E-state index in [1.165, 1.54) is 17.8 Å². The molecular weight excluding hydrogens is 307 g/mol. The van der Waals surface area contributed by atoms with Crippen molar-refractivity contribution in [1.29, 1.82) is 0 Å². The molecule has 7 heteroatoms. The number of hydrogen-bond donors (Lipinski definition) is 2. The summed E-state index contributed by atoms with van der Waals surface area (Å²) in [5.41, 5.74) is 0. The van der Waals surface area contributed by atoms with Crippen LogP contribution in [0.15, 0.2) is 35.7 Å². The molecule has 1 aromatic rings. The van der Waals surface area contributed by atoms with Crippen LogP contribution in [0.4, 0.5) is 4.79 Å². The lowest BCUT2D eigenvalue weighted by Gasteiger charge is -2.07. The molecule has 0 bridgehead atoms. The van der Waals surface area contributed by atoms with Crippen LogP contribution in [0.25, 0.3) is 0 Å². The van der Waals surface area contributed by atoms with Crippen LogP contribution in [-0.4, -0.2) is 24.2 Å². The third-order valence-electron chi connectivity index (χ3n) is 1.93. The fourth-order valence-electron chi connectivity index (χ4n) is 1.13. The second-order valence-corrected chi connectivity index (χ2v) is 5.19. The van der Waals surface area contributed by atoms with Gasteiger partial charge in [-0.1, -0.05) is 35.3 Å². The van der Waals surface area contributed by atoms with Gasteiger partial charge in [0.2, 0.25) is 5.91 Å². The van der Waals surface area contributed by atoms with Gasteiger partial charge in [0.15, 0.2) is 0 Å². The fourth-order valence-corrected chi connectivity index (χ4v) is 2.61. The number of hydrogen-bond acceptors (Lipinski definition) is 3. The van der Waals surface area contributed by atoms with E-state index in [1.54, 1.807) is 18.2 Å².